The topological polar surface area (TPSA) is 72.1 Å². The molecule has 1 unspecified atom stereocenters. The van der Waals surface area contributed by atoms with E-state index in [0.717, 1.165) is 16.7 Å². The molecule has 0 aliphatic carbocycles. The lowest BCUT2D eigenvalue weighted by molar-refractivity contribution is -0.117. The summed E-state index contributed by atoms with van der Waals surface area (Å²) in [5, 5.41) is 0. The number of aromatic nitrogens is 2. The van der Waals surface area contributed by atoms with Crippen molar-refractivity contribution in [2.24, 2.45) is 5.73 Å². The third-order valence-corrected chi connectivity index (χ3v) is 2.92. The number of nitrogens with zero attached hydrogens (tertiary/aromatic N) is 3. The summed E-state index contributed by atoms with van der Waals surface area (Å²) in [5.74, 6) is 0.0701. The van der Waals surface area contributed by atoms with E-state index in [-0.39, 0.29) is 11.9 Å². The second-order valence-electron chi connectivity index (χ2n) is 4.20. The van der Waals surface area contributed by atoms with E-state index in [2.05, 4.69) is 9.97 Å². The first-order valence-electron chi connectivity index (χ1n) is 5.51. The molecule has 1 aliphatic rings. The SMILES string of the molecule is NC1CC(=O)N(c2ccc3nccnc3c2)C1. The maximum atomic E-state index is 11.7. The molecule has 0 bridgehead atoms. The maximum Gasteiger partial charge on any atom is 0.228 e. The van der Waals surface area contributed by atoms with E-state index in [0.29, 0.717) is 13.0 Å². The molecule has 2 heterocycles. The second kappa shape index (κ2) is 3.78. The number of hydrogen-bond donors (Lipinski definition) is 1. The molecule has 5 nitrogen and oxygen atoms in total. The number of fused-ring (bicyclic) bond motifs is 1. The van der Waals surface area contributed by atoms with Crippen molar-refractivity contribution in [3.8, 4) is 0 Å². The minimum Gasteiger partial charge on any atom is -0.326 e. The Morgan fingerprint density at radius 2 is 2.00 bits per heavy atom. The number of benzene rings is 1. The smallest absolute Gasteiger partial charge is 0.228 e. The summed E-state index contributed by atoms with van der Waals surface area (Å²) < 4.78 is 0. The highest BCUT2D eigenvalue weighted by atomic mass is 16.2. The Morgan fingerprint density at radius 1 is 1.24 bits per heavy atom. The van der Waals surface area contributed by atoms with Gasteiger partial charge in [0.05, 0.1) is 11.0 Å². The molecule has 1 amide bonds. The highest BCUT2D eigenvalue weighted by Crippen LogP contribution is 2.23. The molecule has 5 heteroatoms. The first-order valence-corrected chi connectivity index (χ1v) is 5.51. The number of hydrogen-bond acceptors (Lipinski definition) is 4. The Hall–Kier alpha value is -2.01. The van der Waals surface area contributed by atoms with E-state index in [9.17, 15) is 4.79 Å². The average molecular weight is 228 g/mol. The lowest BCUT2D eigenvalue weighted by Gasteiger charge is -2.16. The van der Waals surface area contributed by atoms with Gasteiger partial charge in [-0.3, -0.25) is 14.8 Å². The first kappa shape index (κ1) is 10.2. The zero-order chi connectivity index (χ0) is 11.8. The largest absolute Gasteiger partial charge is 0.326 e. The van der Waals surface area contributed by atoms with Gasteiger partial charge in [-0.05, 0) is 18.2 Å². The van der Waals surface area contributed by atoms with Crippen LogP contribution in [-0.4, -0.2) is 28.5 Å². The zero-order valence-electron chi connectivity index (χ0n) is 9.21. The summed E-state index contributed by atoms with van der Waals surface area (Å²) in [7, 11) is 0. The molecule has 17 heavy (non-hydrogen) atoms. The second-order valence-corrected chi connectivity index (χ2v) is 4.20. The predicted molar refractivity (Wildman–Crippen MR) is 64.5 cm³/mol. The van der Waals surface area contributed by atoms with E-state index >= 15 is 0 Å². The molecule has 1 aromatic carbocycles. The normalized spacial score (nSPS) is 20.2. The van der Waals surface area contributed by atoms with Crippen molar-refractivity contribution in [1.29, 1.82) is 0 Å². The van der Waals surface area contributed by atoms with Crippen LogP contribution in [0, 0.1) is 0 Å². The lowest BCUT2D eigenvalue weighted by atomic mass is 10.2. The Bertz CT molecular complexity index is 583. The van der Waals surface area contributed by atoms with E-state index in [1.807, 2.05) is 18.2 Å². The number of carbonyl (C=O) groups excluding carboxylic acids is 1. The third-order valence-electron chi connectivity index (χ3n) is 2.92. The van der Waals surface area contributed by atoms with Crippen molar-refractivity contribution >= 4 is 22.6 Å². The Labute approximate surface area is 98.3 Å². The summed E-state index contributed by atoms with van der Waals surface area (Å²) in [4.78, 5) is 21.9. The molecule has 1 atom stereocenters. The standard InChI is InChI=1S/C12H12N4O/c13-8-5-12(17)16(7-8)9-1-2-10-11(6-9)15-4-3-14-10/h1-4,6,8H,5,7,13H2. The van der Waals surface area contributed by atoms with Crippen LogP contribution in [0.3, 0.4) is 0 Å². The van der Waals surface area contributed by atoms with Gasteiger partial charge >= 0.3 is 0 Å². The molecule has 1 aromatic heterocycles. The molecule has 86 valence electrons. The van der Waals surface area contributed by atoms with Crippen molar-refractivity contribution in [2.75, 3.05) is 11.4 Å². The van der Waals surface area contributed by atoms with Gasteiger partial charge < -0.3 is 10.6 Å². The number of carbonyl (C=O) groups is 1. The zero-order valence-corrected chi connectivity index (χ0v) is 9.21. The molecule has 1 saturated heterocycles. The molecule has 0 saturated carbocycles. The van der Waals surface area contributed by atoms with E-state index in [1.54, 1.807) is 17.3 Å². The van der Waals surface area contributed by atoms with Gasteiger partial charge in [-0.2, -0.15) is 0 Å². The average Bonchev–Trinajstić information content (AvgIpc) is 2.68. The fraction of sp³-hybridized carbons (Fsp3) is 0.250. The molecular weight excluding hydrogens is 216 g/mol. The van der Waals surface area contributed by atoms with Gasteiger partial charge in [0.2, 0.25) is 5.91 Å². The van der Waals surface area contributed by atoms with E-state index in [1.165, 1.54) is 0 Å². The molecule has 3 rings (SSSR count). The Morgan fingerprint density at radius 3 is 2.71 bits per heavy atom. The molecule has 2 aromatic rings. The molecule has 0 spiro atoms. The summed E-state index contributed by atoms with van der Waals surface area (Å²) in [5.41, 5.74) is 8.23. The van der Waals surface area contributed by atoms with Crippen LogP contribution >= 0.6 is 0 Å². The fourth-order valence-electron chi connectivity index (χ4n) is 2.10. The van der Waals surface area contributed by atoms with Gasteiger partial charge in [-0.15, -0.1) is 0 Å². The first-order chi connectivity index (χ1) is 8.24. The van der Waals surface area contributed by atoms with Crippen LogP contribution in [-0.2, 0) is 4.79 Å². The van der Waals surface area contributed by atoms with Gasteiger partial charge in [0, 0.05) is 37.1 Å². The quantitative estimate of drug-likeness (QED) is 0.779. The van der Waals surface area contributed by atoms with Crippen LogP contribution in [0.25, 0.3) is 11.0 Å². The van der Waals surface area contributed by atoms with Gasteiger partial charge in [0.15, 0.2) is 0 Å². The summed E-state index contributed by atoms with van der Waals surface area (Å²) in [6, 6.07) is 5.56. The van der Waals surface area contributed by atoms with Gasteiger partial charge in [0.1, 0.15) is 0 Å². The van der Waals surface area contributed by atoms with Crippen molar-refractivity contribution in [1.82, 2.24) is 9.97 Å². The van der Waals surface area contributed by atoms with Crippen molar-refractivity contribution in [3.63, 3.8) is 0 Å². The highest BCUT2D eigenvalue weighted by molar-refractivity contribution is 5.97. The molecule has 2 N–H and O–H groups in total. The summed E-state index contributed by atoms with van der Waals surface area (Å²) >= 11 is 0. The van der Waals surface area contributed by atoms with Crippen molar-refractivity contribution in [3.05, 3.63) is 30.6 Å². The monoisotopic (exact) mass is 228 g/mol. The van der Waals surface area contributed by atoms with Gasteiger partial charge in [0.25, 0.3) is 0 Å². The van der Waals surface area contributed by atoms with Crippen LogP contribution in [0.15, 0.2) is 30.6 Å². The van der Waals surface area contributed by atoms with Crippen LogP contribution in [0.2, 0.25) is 0 Å². The van der Waals surface area contributed by atoms with Crippen molar-refractivity contribution < 1.29 is 4.79 Å². The van der Waals surface area contributed by atoms with Crippen LogP contribution in [0.5, 0.6) is 0 Å². The number of nitrogens with two attached hydrogens (primary N) is 1. The number of amides is 1. The number of anilines is 1. The lowest BCUT2D eigenvalue weighted by Crippen LogP contribution is -2.27. The molecule has 1 aliphatic heterocycles. The maximum absolute atomic E-state index is 11.7. The third kappa shape index (κ3) is 1.74. The van der Waals surface area contributed by atoms with Crippen LogP contribution in [0.1, 0.15) is 6.42 Å². The van der Waals surface area contributed by atoms with Gasteiger partial charge in [-0.25, -0.2) is 0 Å². The van der Waals surface area contributed by atoms with Crippen molar-refractivity contribution in [2.45, 2.75) is 12.5 Å². The number of rotatable bonds is 1. The van der Waals surface area contributed by atoms with Gasteiger partial charge in [-0.1, -0.05) is 0 Å². The highest BCUT2D eigenvalue weighted by Gasteiger charge is 2.28. The molecule has 1 fully saturated rings. The minimum absolute atomic E-state index is 0.0694. The van der Waals surface area contributed by atoms with Crippen LogP contribution in [0.4, 0.5) is 5.69 Å². The Kier molecular flexibility index (Phi) is 2.26. The predicted octanol–water partition coefficient (Wildman–Crippen LogP) is 0.694. The Balaban J connectivity index is 2.03. The molecular formula is C12H12N4O. The summed E-state index contributed by atoms with van der Waals surface area (Å²) in [6.45, 7) is 0.574. The van der Waals surface area contributed by atoms with E-state index in [4.69, 9.17) is 5.73 Å². The minimum atomic E-state index is -0.0694. The summed E-state index contributed by atoms with van der Waals surface area (Å²) in [6.07, 6.45) is 3.71. The van der Waals surface area contributed by atoms with E-state index < -0.39 is 0 Å². The van der Waals surface area contributed by atoms with Crippen LogP contribution < -0.4 is 10.6 Å². The molecule has 0 radical (unpaired) electrons. The fourth-order valence-corrected chi connectivity index (χ4v) is 2.10.